The van der Waals surface area contributed by atoms with Crippen LogP contribution in [0, 0.1) is 11.6 Å². The molecule has 0 bridgehead atoms. The molecule has 0 spiro atoms. The molecule has 2 heterocycles. The van der Waals surface area contributed by atoms with Crippen molar-refractivity contribution < 1.29 is 33.0 Å². The van der Waals surface area contributed by atoms with Gasteiger partial charge in [-0.05, 0) is 35.9 Å². The second-order valence-corrected chi connectivity index (χ2v) is 7.64. The molecule has 3 aromatic rings. The number of Topliss-reactive ketones (excluding diaryl/α,β-unsaturated/α-hetero) is 1. The molecule has 7 nitrogen and oxygen atoms in total. The lowest BCUT2D eigenvalue weighted by molar-refractivity contribution is -0.132. The number of benzene rings is 2. The van der Waals surface area contributed by atoms with Gasteiger partial charge < -0.3 is 14.6 Å². The topological polar surface area (TPSA) is 89.0 Å². The van der Waals surface area contributed by atoms with E-state index in [2.05, 4.69) is 4.98 Å². The lowest BCUT2D eigenvalue weighted by Crippen LogP contribution is -2.30. The molecular weight excluding hydrogens is 470 g/mol. The predicted octanol–water partition coefficient (Wildman–Crippen LogP) is 4.66. The average molecular weight is 487 g/mol. The maximum absolute atomic E-state index is 14.7. The Balaban J connectivity index is 2.00. The van der Waals surface area contributed by atoms with Crippen molar-refractivity contribution >= 4 is 34.7 Å². The Bertz CT molecular complexity index is 1330. The normalized spacial score (nSPS) is 17.2. The van der Waals surface area contributed by atoms with Crippen LogP contribution in [0.5, 0.6) is 11.5 Å². The van der Waals surface area contributed by atoms with E-state index in [0.717, 1.165) is 17.0 Å². The molecule has 1 fully saturated rings. The molecular formula is C24H17ClF2N2O5. The molecule has 1 saturated heterocycles. The van der Waals surface area contributed by atoms with E-state index in [1.54, 1.807) is 0 Å². The van der Waals surface area contributed by atoms with Crippen molar-refractivity contribution in [2.45, 2.75) is 6.04 Å². The van der Waals surface area contributed by atoms with Gasteiger partial charge in [0.15, 0.2) is 0 Å². The van der Waals surface area contributed by atoms with Crippen LogP contribution in [-0.2, 0) is 9.59 Å². The van der Waals surface area contributed by atoms with Gasteiger partial charge >= 0.3 is 0 Å². The van der Waals surface area contributed by atoms with E-state index in [1.165, 1.54) is 50.9 Å². The molecule has 4 rings (SSSR count). The van der Waals surface area contributed by atoms with Crippen LogP contribution in [0.2, 0.25) is 5.02 Å². The molecule has 1 aromatic heterocycles. The second kappa shape index (κ2) is 9.11. The van der Waals surface area contributed by atoms with Gasteiger partial charge in [0.2, 0.25) is 0 Å². The number of ether oxygens (including phenoxy) is 2. The third kappa shape index (κ3) is 3.84. The summed E-state index contributed by atoms with van der Waals surface area (Å²) in [6.07, 6.45) is 2.84. The van der Waals surface area contributed by atoms with Gasteiger partial charge in [0.25, 0.3) is 11.7 Å². The fourth-order valence-corrected chi connectivity index (χ4v) is 4.05. The number of hydrogen-bond donors (Lipinski definition) is 1. The van der Waals surface area contributed by atoms with Crippen molar-refractivity contribution in [2.75, 3.05) is 19.1 Å². The zero-order valence-electron chi connectivity index (χ0n) is 17.9. The Labute approximate surface area is 197 Å². The molecule has 1 aliphatic rings. The molecule has 1 atom stereocenters. The van der Waals surface area contributed by atoms with Crippen LogP contribution in [0.1, 0.15) is 17.2 Å². The highest BCUT2D eigenvalue weighted by molar-refractivity contribution is 6.51. The van der Waals surface area contributed by atoms with Crippen LogP contribution < -0.4 is 14.4 Å². The monoisotopic (exact) mass is 486 g/mol. The van der Waals surface area contributed by atoms with Crippen LogP contribution in [0.25, 0.3) is 5.76 Å². The zero-order valence-corrected chi connectivity index (χ0v) is 18.6. The van der Waals surface area contributed by atoms with Crippen LogP contribution in [0.3, 0.4) is 0 Å². The quantitative estimate of drug-likeness (QED) is 0.320. The lowest BCUT2D eigenvalue weighted by atomic mass is 9.95. The first-order valence-corrected chi connectivity index (χ1v) is 10.2. The molecule has 0 saturated carbocycles. The minimum Gasteiger partial charge on any atom is -0.507 e. The van der Waals surface area contributed by atoms with Crippen molar-refractivity contribution in [3.8, 4) is 11.5 Å². The number of halogens is 3. The number of nitrogens with zero attached hydrogens (tertiary/aromatic N) is 2. The molecule has 1 amide bonds. The fourth-order valence-electron chi connectivity index (χ4n) is 3.81. The number of ketones is 1. The fraction of sp³-hybridized carbons (Fsp3) is 0.125. The molecule has 1 N–H and O–H groups in total. The standard InChI is InChI=1S/C24H17ClF2N2O5/c1-33-18-11-19(34-2)15(25)10-14(18)22(30)20-21(12-5-7-28-8-6-12)29(24(32)23(20)31)17-4-3-13(26)9-16(17)27/h3-11,21,30H,1-2H3/b22-20+. The van der Waals surface area contributed by atoms with E-state index >= 15 is 0 Å². The van der Waals surface area contributed by atoms with Gasteiger partial charge in [-0.2, -0.15) is 0 Å². The first-order valence-electron chi connectivity index (χ1n) is 9.86. The molecule has 0 radical (unpaired) electrons. The molecule has 2 aromatic carbocycles. The minimum absolute atomic E-state index is 0.0185. The number of aromatic nitrogens is 1. The van der Waals surface area contributed by atoms with Gasteiger partial charge in [0, 0.05) is 24.5 Å². The molecule has 1 aliphatic heterocycles. The Morgan fingerprint density at radius 2 is 1.71 bits per heavy atom. The molecule has 10 heteroatoms. The first kappa shape index (κ1) is 23.2. The van der Waals surface area contributed by atoms with Crippen molar-refractivity contribution in [2.24, 2.45) is 0 Å². The predicted molar refractivity (Wildman–Crippen MR) is 120 cm³/mol. The summed E-state index contributed by atoms with van der Waals surface area (Å²) in [5, 5.41) is 11.4. The second-order valence-electron chi connectivity index (χ2n) is 7.23. The number of anilines is 1. The third-order valence-electron chi connectivity index (χ3n) is 5.36. The molecule has 174 valence electrons. The Morgan fingerprint density at radius 3 is 2.32 bits per heavy atom. The Hall–Kier alpha value is -3.98. The summed E-state index contributed by atoms with van der Waals surface area (Å²) in [5.41, 5.74) is -0.286. The number of carbonyl (C=O) groups is 2. The zero-order chi connectivity index (χ0) is 24.6. The molecule has 34 heavy (non-hydrogen) atoms. The van der Waals surface area contributed by atoms with Crippen LogP contribution >= 0.6 is 11.6 Å². The largest absolute Gasteiger partial charge is 0.507 e. The van der Waals surface area contributed by atoms with E-state index in [4.69, 9.17) is 21.1 Å². The summed E-state index contributed by atoms with van der Waals surface area (Å²) in [7, 11) is 2.73. The lowest BCUT2D eigenvalue weighted by Gasteiger charge is -2.25. The highest BCUT2D eigenvalue weighted by atomic mass is 35.5. The maximum Gasteiger partial charge on any atom is 0.300 e. The van der Waals surface area contributed by atoms with Crippen LogP contribution in [-0.4, -0.2) is 36.0 Å². The highest BCUT2D eigenvalue weighted by Crippen LogP contribution is 2.45. The van der Waals surface area contributed by atoms with Crippen molar-refractivity contribution in [3.05, 3.63) is 88.2 Å². The van der Waals surface area contributed by atoms with Gasteiger partial charge in [-0.15, -0.1) is 0 Å². The SMILES string of the molecule is COc1cc(OC)c(/C(O)=C2\C(=O)C(=O)N(c3ccc(F)cc3F)C2c2ccncc2)cc1Cl. The number of hydrogen-bond acceptors (Lipinski definition) is 6. The summed E-state index contributed by atoms with van der Waals surface area (Å²) in [6, 6.07) is 7.13. The average Bonchev–Trinajstić information content (AvgIpc) is 3.09. The summed E-state index contributed by atoms with van der Waals surface area (Å²) in [4.78, 5) is 31.0. The van der Waals surface area contributed by atoms with E-state index < -0.39 is 35.1 Å². The van der Waals surface area contributed by atoms with Crippen molar-refractivity contribution in [1.29, 1.82) is 0 Å². The highest BCUT2D eigenvalue weighted by Gasteiger charge is 2.48. The number of amides is 1. The minimum atomic E-state index is -1.24. The van der Waals surface area contributed by atoms with Crippen molar-refractivity contribution in [1.82, 2.24) is 4.98 Å². The summed E-state index contributed by atoms with van der Waals surface area (Å²) < 4.78 is 38.7. The number of methoxy groups -OCH3 is 2. The maximum atomic E-state index is 14.7. The summed E-state index contributed by atoms with van der Waals surface area (Å²) in [6.45, 7) is 0. The van der Waals surface area contributed by atoms with Gasteiger partial charge in [0.05, 0.1) is 42.1 Å². The number of aliphatic hydroxyl groups excluding tert-OH is 1. The van der Waals surface area contributed by atoms with Gasteiger partial charge in [-0.25, -0.2) is 8.78 Å². The Morgan fingerprint density at radius 1 is 1.03 bits per heavy atom. The van der Waals surface area contributed by atoms with Crippen molar-refractivity contribution in [3.63, 3.8) is 0 Å². The number of rotatable bonds is 5. The number of carbonyl (C=O) groups excluding carboxylic acids is 2. The molecule has 1 unspecified atom stereocenters. The first-order chi connectivity index (χ1) is 16.3. The van der Waals surface area contributed by atoms with Gasteiger partial charge in [0.1, 0.15) is 28.9 Å². The van der Waals surface area contributed by atoms with E-state index in [0.29, 0.717) is 11.6 Å². The van der Waals surface area contributed by atoms with E-state index in [9.17, 15) is 23.5 Å². The van der Waals surface area contributed by atoms with Crippen LogP contribution in [0.15, 0.2) is 60.4 Å². The molecule has 0 aliphatic carbocycles. The number of pyridine rings is 1. The summed E-state index contributed by atoms with van der Waals surface area (Å²) >= 11 is 6.22. The van der Waals surface area contributed by atoms with Crippen LogP contribution in [0.4, 0.5) is 14.5 Å². The van der Waals surface area contributed by atoms with E-state index in [-0.39, 0.29) is 33.3 Å². The van der Waals surface area contributed by atoms with Gasteiger partial charge in [-0.1, -0.05) is 11.6 Å². The summed E-state index contributed by atoms with van der Waals surface area (Å²) in [5.74, 6) is -4.29. The van der Waals surface area contributed by atoms with Gasteiger partial charge in [-0.3, -0.25) is 19.5 Å². The smallest absolute Gasteiger partial charge is 0.300 e. The third-order valence-corrected chi connectivity index (χ3v) is 5.66. The Kier molecular flexibility index (Phi) is 6.21. The number of aliphatic hydroxyl groups is 1. The van der Waals surface area contributed by atoms with E-state index in [1.807, 2.05) is 0 Å².